The molecule has 0 aromatic carbocycles. The van der Waals surface area contributed by atoms with E-state index in [9.17, 15) is 9.59 Å². The van der Waals surface area contributed by atoms with Gasteiger partial charge in [0.05, 0.1) is 5.25 Å². The predicted octanol–water partition coefficient (Wildman–Crippen LogP) is 0.764. The minimum atomic E-state index is -0.313. The number of rotatable bonds is 2. The van der Waals surface area contributed by atoms with Crippen LogP contribution >= 0.6 is 11.8 Å². The molecule has 0 aromatic heterocycles. The molecular formula is C5H7O2S. The first kappa shape index (κ1) is 7.69. The van der Waals surface area contributed by atoms with Crippen LogP contribution in [0.15, 0.2) is 0 Å². The Bertz CT molecular complexity index is 101. The molecule has 0 N–H and O–H groups in total. The van der Waals surface area contributed by atoms with E-state index in [1.807, 2.05) is 0 Å². The van der Waals surface area contributed by atoms with Crippen LogP contribution in [0.5, 0.6) is 0 Å². The minimum Gasteiger partial charge on any atom is -0.290 e. The summed E-state index contributed by atoms with van der Waals surface area (Å²) in [6.07, 6.45) is 1.69. The first-order valence-electron chi connectivity index (χ1n) is 2.21. The molecule has 2 nitrogen and oxygen atoms in total. The van der Waals surface area contributed by atoms with Crippen LogP contribution in [0.1, 0.15) is 13.8 Å². The first-order valence-corrected chi connectivity index (χ1v) is 3.09. The van der Waals surface area contributed by atoms with Crippen molar-refractivity contribution in [2.24, 2.45) is 0 Å². The molecule has 0 fully saturated rings. The lowest BCUT2D eigenvalue weighted by molar-refractivity contribution is -0.109. The molecule has 0 aliphatic carbocycles. The lowest BCUT2D eigenvalue weighted by Gasteiger charge is -1.93. The van der Waals surface area contributed by atoms with Crippen LogP contribution in [0.4, 0.5) is 0 Å². The molecule has 45 valence electrons. The Labute approximate surface area is 52.6 Å². The number of carbonyl (C=O) groups excluding carboxylic acids is 2. The topological polar surface area (TPSA) is 34.1 Å². The Kier molecular flexibility index (Phi) is 3.52. The van der Waals surface area contributed by atoms with Gasteiger partial charge in [0, 0.05) is 6.92 Å². The highest BCUT2D eigenvalue weighted by Gasteiger charge is 2.02. The highest BCUT2D eigenvalue weighted by molar-refractivity contribution is 8.14. The van der Waals surface area contributed by atoms with Crippen LogP contribution in [0.3, 0.4) is 0 Å². The van der Waals surface area contributed by atoms with Crippen LogP contribution in [-0.2, 0) is 9.59 Å². The smallest absolute Gasteiger partial charge is 0.212 e. The molecule has 0 rings (SSSR count). The molecule has 1 unspecified atom stereocenters. The van der Waals surface area contributed by atoms with E-state index in [1.54, 1.807) is 13.2 Å². The van der Waals surface area contributed by atoms with E-state index in [0.29, 0.717) is 0 Å². The summed E-state index contributed by atoms with van der Waals surface area (Å²) in [6, 6.07) is 0. The van der Waals surface area contributed by atoms with Crippen molar-refractivity contribution in [3.8, 4) is 0 Å². The van der Waals surface area contributed by atoms with Crippen LogP contribution < -0.4 is 0 Å². The van der Waals surface area contributed by atoms with E-state index < -0.39 is 0 Å². The van der Waals surface area contributed by atoms with Gasteiger partial charge in [0.25, 0.3) is 0 Å². The molecule has 3 heteroatoms. The Morgan fingerprint density at radius 3 is 2.38 bits per heavy atom. The van der Waals surface area contributed by atoms with Gasteiger partial charge >= 0.3 is 0 Å². The van der Waals surface area contributed by atoms with Crippen LogP contribution in [0.2, 0.25) is 0 Å². The van der Waals surface area contributed by atoms with Gasteiger partial charge in [0.1, 0.15) is 0 Å². The van der Waals surface area contributed by atoms with E-state index in [2.05, 4.69) is 0 Å². The van der Waals surface area contributed by atoms with E-state index in [0.717, 1.165) is 11.8 Å². The predicted molar refractivity (Wildman–Crippen MR) is 33.4 cm³/mol. The van der Waals surface area contributed by atoms with E-state index in [1.165, 1.54) is 6.92 Å². The van der Waals surface area contributed by atoms with Crippen molar-refractivity contribution in [2.75, 3.05) is 0 Å². The zero-order valence-corrected chi connectivity index (χ0v) is 5.62. The second kappa shape index (κ2) is 3.66. The molecule has 0 bridgehead atoms. The Hall–Kier alpha value is -0.310. The Balaban J connectivity index is 3.38. The molecule has 0 amide bonds. The van der Waals surface area contributed by atoms with Crippen molar-refractivity contribution in [1.82, 2.24) is 0 Å². The van der Waals surface area contributed by atoms with Gasteiger partial charge in [-0.2, -0.15) is 0 Å². The molecular weight excluding hydrogens is 124 g/mol. The molecule has 1 atom stereocenters. The Morgan fingerprint density at radius 1 is 1.75 bits per heavy atom. The third-order valence-corrected chi connectivity index (χ3v) is 1.29. The summed E-state index contributed by atoms with van der Waals surface area (Å²) in [6.45, 7) is 3.07. The second-order valence-electron chi connectivity index (χ2n) is 1.37. The molecule has 0 aliphatic rings. The van der Waals surface area contributed by atoms with Crippen molar-refractivity contribution in [2.45, 2.75) is 19.1 Å². The van der Waals surface area contributed by atoms with Crippen LogP contribution in [-0.4, -0.2) is 16.7 Å². The fourth-order valence-electron chi connectivity index (χ4n) is 0.273. The van der Waals surface area contributed by atoms with E-state index in [-0.39, 0.29) is 10.4 Å². The quantitative estimate of drug-likeness (QED) is 0.555. The SMILES string of the molecule is CC(=O)SC(C)[C]=O. The molecule has 0 spiro atoms. The van der Waals surface area contributed by atoms with Gasteiger partial charge < -0.3 is 0 Å². The number of carbonyl (C=O) groups is 1. The van der Waals surface area contributed by atoms with Gasteiger partial charge in [0.15, 0.2) is 5.12 Å². The Morgan fingerprint density at radius 2 is 2.25 bits per heavy atom. The summed E-state index contributed by atoms with van der Waals surface area (Å²) in [5.41, 5.74) is 0. The fraction of sp³-hybridized carbons (Fsp3) is 0.600. The summed E-state index contributed by atoms with van der Waals surface area (Å²) in [5, 5.41) is -0.353. The standard InChI is InChI=1S/C5H7O2S/c1-4(3-6)8-5(2)7/h4H,1-2H3. The monoisotopic (exact) mass is 131 g/mol. The maximum absolute atomic E-state index is 10.2. The molecule has 0 saturated heterocycles. The van der Waals surface area contributed by atoms with Crippen molar-refractivity contribution in [3.05, 3.63) is 0 Å². The van der Waals surface area contributed by atoms with Gasteiger partial charge in [-0.05, 0) is 6.92 Å². The molecule has 0 saturated carbocycles. The zero-order chi connectivity index (χ0) is 6.57. The minimum absolute atomic E-state index is 0.0409. The zero-order valence-electron chi connectivity index (χ0n) is 4.80. The van der Waals surface area contributed by atoms with Gasteiger partial charge in [-0.3, -0.25) is 9.59 Å². The van der Waals surface area contributed by atoms with Gasteiger partial charge in [0.2, 0.25) is 6.29 Å². The molecule has 0 aromatic rings. The molecule has 0 aliphatic heterocycles. The highest BCUT2D eigenvalue weighted by Crippen LogP contribution is 2.07. The number of thioether (sulfide) groups is 1. The van der Waals surface area contributed by atoms with Crippen molar-refractivity contribution in [1.29, 1.82) is 0 Å². The summed E-state index contributed by atoms with van der Waals surface area (Å²) < 4.78 is 0. The van der Waals surface area contributed by atoms with E-state index in [4.69, 9.17) is 0 Å². The first-order chi connectivity index (χ1) is 3.66. The summed E-state index contributed by atoms with van der Waals surface area (Å²) in [7, 11) is 0. The average Bonchev–Trinajstić information content (AvgIpc) is 1.65. The maximum Gasteiger partial charge on any atom is 0.212 e. The third-order valence-electron chi connectivity index (χ3n) is 0.509. The lowest BCUT2D eigenvalue weighted by atomic mass is 10.5. The lowest BCUT2D eigenvalue weighted by Crippen LogP contribution is -1.99. The average molecular weight is 131 g/mol. The van der Waals surface area contributed by atoms with Crippen LogP contribution in [0.25, 0.3) is 0 Å². The third kappa shape index (κ3) is 3.87. The largest absolute Gasteiger partial charge is 0.290 e. The summed E-state index contributed by atoms with van der Waals surface area (Å²) in [5.74, 6) is 0. The summed E-state index contributed by atoms with van der Waals surface area (Å²) in [4.78, 5) is 19.9. The van der Waals surface area contributed by atoms with E-state index >= 15 is 0 Å². The van der Waals surface area contributed by atoms with Gasteiger partial charge in [-0.25, -0.2) is 0 Å². The normalized spacial score (nSPS) is 12.8. The van der Waals surface area contributed by atoms with Crippen molar-refractivity contribution in [3.63, 3.8) is 0 Å². The summed E-state index contributed by atoms with van der Waals surface area (Å²) >= 11 is 0.992. The van der Waals surface area contributed by atoms with Crippen molar-refractivity contribution >= 4 is 23.2 Å². The second-order valence-corrected chi connectivity index (χ2v) is 2.89. The van der Waals surface area contributed by atoms with Crippen LogP contribution in [0, 0.1) is 0 Å². The molecule has 1 radical (unpaired) electrons. The van der Waals surface area contributed by atoms with Gasteiger partial charge in [-0.1, -0.05) is 11.8 Å². The van der Waals surface area contributed by atoms with Gasteiger partial charge in [-0.15, -0.1) is 0 Å². The number of hydrogen-bond donors (Lipinski definition) is 0. The number of hydrogen-bond acceptors (Lipinski definition) is 3. The fourth-order valence-corrected chi connectivity index (χ4v) is 0.819. The molecule has 0 heterocycles. The highest BCUT2D eigenvalue weighted by atomic mass is 32.2. The maximum atomic E-state index is 10.2. The van der Waals surface area contributed by atoms with Crippen molar-refractivity contribution < 1.29 is 9.59 Å². The molecule has 8 heavy (non-hydrogen) atoms.